The third kappa shape index (κ3) is 4.68. The van der Waals surface area contributed by atoms with Crippen LogP contribution in [0.2, 0.25) is 5.04 Å². The molecule has 2 aromatic rings. The molecule has 0 aromatic heterocycles. The molecule has 4 heteroatoms. The number of benzene rings is 2. The third-order valence-corrected chi connectivity index (χ3v) is 9.93. The molecule has 2 rings (SSSR count). The maximum Gasteiger partial charge on any atom is 0.323 e. The second-order valence-corrected chi connectivity index (χ2v) is 12.0. The number of carbonyl (C=O) groups excluding carboxylic acids is 1. The first-order chi connectivity index (χ1) is 12.8. The van der Waals surface area contributed by atoms with Crippen LogP contribution in [0, 0.1) is 11.5 Å². The van der Waals surface area contributed by atoms with Crippen molar-refractivity contribution in [3.05, 3.63) is 60.7 Å². The molecule has 0 heterocycles. The summed E-state index contributed by atoms with van der Waals surface area (Å²) < 4.78 is 5.00. The normalized spacial score (nSPS) is 12.6. The second kappa shape index (κ2) is 9.03. The van der Waals surface area contributed by atoms with Gasteiger partial charge >= 0.3 is 5.97 Å². The van der Waals surface area contributed by atoms with Crippen LogP contribution in [0.25, 0.3) is 0 Å². The van der Waals surface area contributed by atoms with Gasteiger partial charge in [0.2, 0.25) is 8.07 Å². The lowest BCUT2D eigenvalue weighted by atomic mass is 10.2. The number of hydrogen-bond donors (Lipinski definition) is 1. The number of esters is 1. The molecule has 0 spiro atoms. The summed E-state index contributed by atoms with van der Waals surface area (Å²) in [5, 5.41) is 2.48. The van der Waals surface area contributed by atoms with Gasteiger partial charge in [0.25, 0.3) is 0 Å². The summed E-state index contributed by atoms with van der Waals surface area (Å²) in [6.45, 7) is 8.85. The maximum atomic E-state index is 11.8. The van der Waals surface area contributed by atoms with Crippen LogP contribution in [-0.4, -0.2) is 26.7 Å². The van der Waals surface area contributed by atoms with Crippen LogP contribution < -0.4 is 16.1 Å². The molecule has 0 radical (unpaired) electrons. The molecular formula is C23H29NO2Si. The van der Waals surface area contributed by atoms with Gasteiger partial charge < -0.3 is 10.5 Å². The van der Waals surface area contributed by atoms with Crippen molar-refractivity contribution >= 4 is 24.4 Å². The van der Waals surface area contributed by atoms with Crippen molar-refractivity contribution in [2.24, 2.45) is 5.73 Å². The van der Waals surface area contributed by atoms with Gasteiger partial charge in [-0.15, -0.1) is 11.5 Å². The van der Waals surface area contributed by atoms with Gasteiger partial charge in [0.1, 0.15) is 6.04 Å². The standard InChI is InChI=1S/C23H29NO2Si/c1-5-26-22(25)21(24)17-12-18-27(23(2,3)4,19-13-8-6-9-14-19)20-15-10-7-11-16-20/h6-11,13-16,21H,5,17,24H2,1-4H3. The zero-order valence-electron chi connectivity index (χ0n) is 16.7. The Bertz CT molecular complexity index is 762. The van der Waals surface area contributed by atoms with E-state index >= 15 is 0 Å². The molecule has 0 aliphatic rings. The van der Waals surface area contributed by atoms with Crippen LogP contribution in [0.3, 0.4) is 0 Å². The highest BCUT2D eigenvalue weighted by atomic mass is 28.3. The summed E-state index contributed by atoms with van der Waals surface area (Å²) in [5.74, 6) is 2.86. The Morgan fingerprint density at radius 2 is 1.52 bits per heavy atom. The molecule has 1 atom stereocenters. The fraction of sp³-hybridized carbons (Fsp3) is 0.348. The number of nitrogens with two attached hydrogens (primary N) is 1. The molecule has 0 fully saturated rings. The summed E-state index contributed by atoms with van der Waals surface area (Å²) in [6, 6.07) is 20.3. The van der Waals surface area contributed by atoms with Crippen molar-refractivity contribution in [1.29, 1.82) is 0 Å². The van der Waals surface area contributed by atoms with Crippen LogP contribution in [0.5, 0.6) is 0 Å². The van der Waals surface area contributed by atoms with Gasteiger partial charge in [-0.3, -0.25) is 4.79 Å². The topological polar surface area (TPSA) is 52.3 Å². The van der Waals surface area contributed by atoms with Crippen LogP contribution >= 0.6 is 0 Å². The number of ether oxygens (including phenoxy) is 1. The van der Waals surface area contributed by atoms with E-state index in [4.69, 9.17) is 10.5 Å². The molecule has 2 N–H and O–H groups in total. The Hall–Kier alpha value is -2.35. The van der Waals surface area contributed by atoms with Crippen LogP contribution in [0.15, 0.2) is 60.7 Å². The lowest BCUT2D eigenvalue weighted by Crippen LogP contribution is -2.63. The molecule has 0 amide bonds. The molecule has 2 aromatic carbocycles. The van der Waals surface area contributed by atoms with Gasteiger partial charge in [-0.25, -0.2) is 0 Å². The Morgan fingerprint density at radius 1 is 1.04 bits per heavy atom. The van der Waals surface area contributed by atoms with Crippen LogP contribution in [0.1, 0.15) is 34.1 Å². The van der Waals surface area contributed by atoms with Crippen molar-refractivity contribution in [1.82, 2.24) is 0 Å². The highest BCUT2D eigenvalue weighted by Crippen LogP contribution is 2.35. The number of carbonyl (C=O) groups is 1. The average molecular weight is 380 g/mol. The maximum absolute atomic E-state index is 11.8. The van der Waals surface area contributed by atoms with E-state index < -0.39 is 20.1 Å². The summed E-state index contributed by atoms with van der Waals surface area (Å²) in [7, 11) is -2.44. The third-order valence-electron chi connectivity index (χ3n) is 4.73. The molecule has 1 unspecified atom stereocenters. The zero-order valence-corrected chi connectivity index (χ0v) is 17.7. The zero-order chi connectivity index (χ0) is 19.9. The number of hydrogen-bond acceptors (Lipinski definition) is 3. The van der Waals surface area contributed by atoms with E-state index in [0.717, 1.165) is 0 Å². The van der Waals surface area contributed by atoms with Gasteiger partial charge in [0.05, 0.1) is 6.61 Å². The van der Waals surface area contributed by atoms with Crippen LogP contribution in [-0.2, 0) is 9.53 Å². The van der Waals surface area contributed by atoms with Gasteiger partial charge in [0.15, 0.2) is 0 Å². The van der Waals surface area contributed by atoms with Gasteiger partial charge in [-0.05, 0) is 22.3 Å². The fourth-order valence-electron chi connectivity index (χ4n) is 3.37. The van der Waals surface area contributed by atoms with E-state index in [1.807, 2.05) is 12.1 Å². The highest BCUT2D eigenvalue weighted by Gasteiger charge is 2.46. The predicted octanol–water partition coefficient (Wildman–Crippen LogP) is 2.87. The van der Waals surface area contributed by atoms with Crippen molar-refractivity contribution in [2.45, 2.75) is 45.2 Å². The SMILES string of the molecule is CCOC(=O)C(N)CC#C[Si](c1ccccc1)(c1ccccc1)C(C)(C)C. The molecular weight excluding hydrogens is 350 g/mol. The second-order valence-electron chi connectivity index (χ2n) is 7.60. The van der Waals surface area contributed by atoms with E-state index in [-0.39, 0.29) is 5.04 Å². The summed E-state index contributed by atoms with van der Waals surface area (Å²) in [5.41, 5.74) is 9.59. The molecule has 0 bridgehead atoms. The Kier molecular flexibility index (Phi) is 7.01. The van der Waals surface area contributed by atoms with E-state index in [1.165, 1.54) is 10.4 Å². The summed E-state index contributed by atoms with van der Waals surface area (Å²) in [6.07, 6.45) is 0.295. The summed E-state index contributed by atoms with van der Waals surface area (Å²) >= 11 is 0. The van der Waals surface area contributed by atoms with Crippen molar-refractivity contribution in [2.75, 3.05) is 6.61 Å². The molecule has 3 nitrogen and oxygen atoms in total. The smallest absolute Gasteiger partial charge is 0.323 e. The Balaban J connectivity index is 2.54. The van der Waals surface area contributed by atoms with E-state index in [9.17, 15) is 4.79 Å². The van der Waals surface area contributed by atoms with E-state index in [0.29, 0.717) is 13.0 Å². The lowest BCUT2D eigenvalue weighted by molar-refractivity contribution is -0.144. The molecule has 0 saturated carbocycles. The van der Waals surface area contributed by atoms with E-state index in [1.54, 1.807) is 6.92 Å². The van der Waals surface area contributed by atoms with E-state index in [2.05, 4.69) is 80.8 Å². The molecule has 142 valence electrons. The Morgan fingerprint density at radius 3 is 1.93 bits per heavy atom. The van der Waals surface area contributed by atoms with Gasteiger partial charge in [0, 0.05) is 6.42 Å². The van der Waals surface area contributed by atoms with Crippen molar-refractivity contribution in [3.8, 4) is 11.5 Å². The van der Waals surface area contributed by atoms with Crippen molar-refractivity contribution < 1.29 is 9.53 Å². The number of rotatable bonds is 5. The Labute approximate surface area is 163 Å². The fourth-order valence-corrected chi connectivity index (χ4v) is 7.85. The molecule has 0 saturated heterocycles. The minimum atomic E-state index is -2.44. The largest absolute Gasteiger partial charge is 0.465 e. The average Bonchev–Trinajstić information content (AvgIpc) is 2.65. The summed E-state index contributed by atoms with van der Waals surface area (Å²) in [4.78, 5) is 11.8. The van der Waals surface area contributed by atoms with Crippen LogP contribution in [0.4, 0.5) is 0 Å². The minimum absolute atomic E-state index is 0.0449. The van der Waals surface area contributed by atoms with Gasteiger partial charge in [-0.1, -0.05) is 81.4 Å². The first kappa shape index (κ1) is 21.0. The van der Waals surface area contributed by atoms with Crippen molar-refractivity contribution in [3.63, 3.8) is 0 Å². The monoisotopic (exact) mass is 379 g/mol. The molecule has 0 aliphatic carbocycles. The highest BCUT2D eigenvalue weighted by molar-refractivity contribution is 7.10. The first-order valence-corrected chi connectivity index (χ1v) is 11.4. The molecule has 27 heavy (non-hydrogen) atoms. The molecule has 0 aliphatic heterocycles. The minimum Gasteiger partial charge on any atom is -0.465 e. The van der Waals surface area contributed by atoms with Gasteiger partial charge in [-0.2, -0.15) is 0 Å². The first-order valence-electron chi connectivity index (χ1n) is 9.36. The lowest BCUT2D eigenvalue weighted by Gasteiger charge is -2.39. The predicted molar refractivity (Wildman–Crippen MR) is 115 cm³/mol. The quantitative estimate of drug-likeness (QED) is 0.494.